The molecule has 0 saturated carbocycles. The van der Waals surface area contributed by atoms with Crippen molar-refractivity contribution in [2.75, 3.05) is 26.1 Å². The third-order valence-corrected chi connectivity index (χ3v) is 6.95. The normalized spacial score (nSPS) is 12.2. The van der Waals surface area contributed by atoms with E-state index in [2.05, 4.69) is 5.32 Å². The van der Waals surface area contributed by atoms with Crippen molar-refractivity contribution in [1.29, 1.82) is 0 Å². The Labute approximate surface area is 183 Å². The Morgan fingerprint density at radius 3 is 2.80 bits per heavy atom. The fourth-order valence-electron chi connectivity index (χ4n) is 2.93. The van der Waals surface area contributed by atoms with Gasteiger partial charge in [0.25, 0.3) is 5.56 Å². The molecule has 30 heavy (non-hydrogen) atoms. The first-order valence-corrected chi connectivity index (χ1v) is 11.2. The number of carbonyl (C=O) groups excluding carboxylic acids is 1. The highest BCUT2D eigenvalue weighted by Gasteiger charge is 2.21. The quantitative estimate of drug-likeness (QED) is 0.417. The lowest BCUT2D eigenvalue weighted by atomic mass is 10.2. The number of rotatable bonds is 8. The molecular weight excluding hydrogens is 422 g/mol. The number of anilines is 1. The molecule has 1 N–H and O–H groups in total. The molecule has 3 aromatic rings. The van der Waals surface area contributed by atoms with Crippen molar-refractivity contribution >= 4 is 44.9 Å². The monoisotopic (exact) mass is 447 g/mol. The van der Waals surface area contributed by atoms with E-state index < -0.39 is 5.25 Å². The largest absolute Gasteiger partial charge is 0.497 e. The van der Waals surface area contributed by atoms with E-state index in [0.29, 0.717) is 40.0 Å². The summed E-state index contributed by atoms with van der Waals surface area (Å²) in [5.41, 5.74) is 1.51. The molecule has 1 amide bonds. The number of amides is 1. The Morgan fingerprint density at radius 1 is 1.33 bits per heavy atom. The lowest BCUT2D eigenvalue weighted by molar-refractivity contribution is -0.115. The molecular formula is C21H25N3O4S2. The minimum absolute atomic E-state index is 0.0956. The fourth-order valence-corrected chi connectivity index (χ4v) is 4.94. The van der Waals surface area contributed by atoms with Crippen LogP contribution in [0.2, 0.25) is 0 Å². The molecule has 9 heteroatoms. The summed E-state index contributed by atoms with van der Waals surface area (Å²) in [5, 5.41) is 3.58. The molecule has 0 saturated heterocycles. The van der Waals surface area contributed by atoms with Crippen LogP contribution in [-0.2, 0) is 16.1 Å². The number of methoxy groups -OCH3 is 2. The zero-order valence-corrected chi connectivity index (χ0v) is 19.3. The number of fused-ring (bicyclic) bond motifs is 1. The highest BCUT2D eigenvalue weighted by atomic mass is 32.2. The summed E-state index contributed by atoms with van der Waals surface area (Å²) in [6.45, 7) is 6.47. The summed E-state index contributed by atoms with van der Waals surface area (Å²) < 4.78 is 12.0. The third-order valence-electron chi connectivity index (χ3n) is 4.76. The average molecular weight is 448 g/mol. The summed E-state index contributed by atoms with van der Waals surface area (Å²) in [4.78, 5) is 32.4. The Hall–Kier alpha value is -2.36. The molecule has 0 radical (unpaired) electrons. The van der Waals surface area contributed by atoms with Crippen LogP contribution in [0.4, 0.5) is 5.69 Å². The van der Waals surface area contributed by atoms with Gasteiger partial charge >= 0.3 is 0 Å². The third kappa shape index (κ3) is 4.69. The maximum absolute atomic E-state index is 13.1. The lowest BCUT2D eigenvalue weighted by Gasteiger charge is -2.16. The first-order chi connectivity index (χ1) is 14.3. The Kier molecular flexibility index (Phi) is 7.17. The van der Waals surface area contributed by atoms with Gasteiger partial charge in [-0.05, 0) is 38.5 Å². The molecule has 0 aliphatic heterocycles. The van der Waals surface area contributed by atoms with E-state index in [-0.39, 0.29) is 11.5 Å². The second kappa shape index (κ2) is 9.63. The summed E-state index contributed by atoms with van der Waals surface area (Å²) >= 11 is 2.76. The molecule has 2 aromatic heterocycles. The first-order valence-electron chi connectivity index (χ1n) is 9.46. The van der Waals surface area contributed by atoms with Gasteiger partial charge in [-0.2, -0.15) is 0 Å². The molecule has 1 atom stereocenters. The van der Waals surface area contributed by atoms with Gasteiger partial charge in [-0.15, -0.1) is 11.3 Å². The Balaban J connectivity index is 1.89. The molecule has 2 heterocycles. The molecule has 0 spiro atoms. The lowest BCUT2D eigenvalue weighted by Crippen LogP contribution is -2.28. The van der Waals surface area contributed by atoms with Gasteiger partial charge in [0.1, 0.15) is 10.6 Å². The number of hydrogen-bond donors (Lipinski definition) is 1. The van der Waals surface area contributed by atoms with Gasteiger partial charge < -0.3 is 14.8 Å². The summed E-state index contributed by atoms with van der Waals surface area (Å²) in [6.07, 6.45) is 0. The van der Waals surface area contributed by atoms with Gasteiger partial charge in [0.15, 0.2) is 5.16 Å². The number of aromatic nitrogens is 2. The minimum Gasteiger partial charge on any atom is -0.497 e. The predicted molar refractivity (Wildman–Crippen MR) is 122 cm³/mol. The van der Waals surface area contributed by atoms with Gasteiger partial charge in [-0.25, -0.2) is 4.98 Å². The molecule has 0 fully saturated rings. The molecule has 0 aliphatic carbocycles. The van der Waals surface area contributed by atoms with Gasteiger partial charge in [-0.3, -0.25) is 14.2 Å². The van der Waals surface area contributed by atoms with Crippen LogP contribution in [0.15, 0.2) is 34.2 Å². The number of aryl methyl sites for hydroxylation is 2. The van der Waals surface area contributed by atoms with Crippen LogP contribution in [0, 0.1) is 13.8 Å². The first kappa shape index (κ1) is 22.3. The number of thiophene rings is 1. The standard InChI is InChI=1S/C21H25N3O4S2/c1-12-13(2)29-19-17(12)20(26)24(9-10-27-4)21(23-19)30-14(3)18(25)22-15-7-6-8-16(11-15)28-5/h6-8,11,14H,9-10H2,1-5H3,(H,22,25). The molecule has 7 nitrogen and oxygen atoms in total. The van der Waals surface area contributed by atoms with Crippen LogP contribution in [0.3, 0.4) is 0 Å². The molecule has 0 aliphatic rings. The van der Waals surface area contributed by atoms with Gasteiger partial charge in [0.05, 0.1) is 30.9 Å². The van der Waals surface area contributed by atoms with E-state index >= 15 is 0 Å². The zero-order valence-electron chi connectivity index (χ0n) is 17.6. The number of thioether (sulfide) groups is 1. The smallest absolute Gasteiger partial charge is 0.263 e. The van der Waals surface area contributed by atoms with Crippen LogP contribution >= 0.6 is 23.1 Å². The topological polar surface area (TPSA) is 82.4 Å². The molecule has 1 unspecified atom stereocenters. The highest BCUT2D eigenvalue weighted by molar-refractivity contribution is 8.00. The highest BCUT2D eigenvalue weighted by Crippen LogP contribution is 2.30. The molecule has 1 aromatic carbocycles. The van der Waals surface area contributed by atoms with Crippen LogP contribution in [-0.4, -0.2) is 41.5 Å². The van der Waals surface area contributed by atoms with Crippen LogP contribution in [0.1, 0.15) is 17.4 Å². The SMILES string of the molecule is COCCn1c(SC(C)C(=O)Nc2cccc(OC)c2)nc2sc(C)c(C)c2c1=O. The molecule has 0 bridgehead atoms. The average Bonchev–Trinajstić information content (AvgIpc) is 3.01. The van der Waals surface area contributed by atoms with Crippen molar-refractivity contribution in [1.82, 2.24) is 9.55 Å². The summed E-state index contributed by atoms with van der Waals surface area (Å²) in [5.74, 6) is 0.483. The van der Waals surface area contributed by atoms with E-state index in [9.17, 15) is 9.59 Å². The van der Waals surface area contributed by atoms with Crippen molar-refractivity contribution in [2.45, 2.75) is 37.7 Å². The van der Waals surface area contributed by atoms with E-state index in [1.807, 2.05) is 26.0 Å². The molecule has 160 valence electrons. The van der Waals surface area contributed by atoms with Gasteiger partial charge in [0.2, 0.25) is 5.91 Å². The van der Waals surface area contributed by atoms with Crippen LogP contribution in [0.25, 0.3) is 10.2 Å². The number of ether oxygens (including phenoxy) is 2. The predicted octanol–water partition coefficient (Wildman–Crippen LogP) is 3.85. The van der Waals surface area contributed by atoms with E-state index in [1.54, 1.807) is 37.8 Å². The zero-order chi connectivity index (χ0) is 21.8. The van der Waals surface area contributed by atoms with Crippen LogP contribution in [0.5, 0.6) is 5.75 Å². The van der Waals surface area contributed by atoms with E-state index in [0.717, 1.165) is 10.4 Å². The van der Waals surface area contributed by atoms with E-state index in [4.69, 9.17) is 14.5 Å². The number of carbonyl (C=O) groups is 1. The van der Waals surface area contributed by atoms with Gasteiger partial charge in [0, 0.05) is 23.7 Å². The number of nitrogens with one attached hydrogen (secondary N) is 1. The minimum atomic E-state index is -0.462. The second-order valence-corrected chi connectivity index (χ2v) is 9.30. The number of benzene rings is 1. The molecule has 3 rings (SSSR count). The number of hydrogen-bond acceptors (Lipinski definition) is 7. The number of nitrogens with zero attached hydrogens (tertiary/aromatic N) is 2. The van der Waals surface area contributed by atoms with Crippen molar-refractivity contribution in [2.24, 2.45) is 0 Å². The Bertz CT molecular complexity index is 1120. The van der Waals surface area contributed by atoms with Crippen molar-refractivity contribution in [3.05, 3.63) is 45.1 Å². The maximum Gasteiger partial charge on any atom is 0.263 e. The summed E-state index contributed by atoms with van der Waals surface area (Å²) in [6, 6.07) is 7.18. The van der Waals surface area contributed by atoms with Gasteiger partial charge in [-0.1, -0.05) is 17.8 Å². The van der Waals surface area contributed by atoms with Crippen molar-refractivity contribution in [3.8, 4) is 5.75 Å². The van der Waals surface area contributed by atoms with E-state index in [1.165, 1.54) is 23.1 Å². The summed E-state index contributed by atoms with van der Waals surface area (Å²) in [7, 11) is 3.17. The maximum atomic E-state index is 13.1. The fraction of sp³-hybridized carbons (Fsp3) is 0.381. The van der Waals surface area contributed by atoms with Crippen molar-refractivity contribution in [3.63, 3.8) is 0 Å². The van der Waals surface area contributed by atoms with Crippen molar-refractivity contribution < 1.29 is 14.3 Å². The van der Waals surface area contributed by atoms with Crippen LogP contribution < -0.4 is 15.6 Å². The second-order valence-electron chi connectivity index (χ2n) is 6.79. The Morgan fingerprint density at radius 2 is 2.10 bits per heavy atom.